The molecule has 2 aromatic rings. The Morgan fingerprint density at radius 3 is 3.00 bits per heavy atom. The van der Waals surface area contributed by atoms with Gasteiger partial charge in [0.05, 0.1) is 10.9 Å². The van der Waals surface area contributed by atoms with Gasteiger partial charge in [0.25, 0.3) is 5.56 Å². The number of carbonyl (C=O) groups is 1. The number of amides is 1. The molecule has 2 unspecified atom stereocenters. The Hall–Kier alpha value is -2.21. The van der Waals surface area contributed by atoms with E-state index in [1.807, 2.05) is 30.0 Å². The molecule has 1 saturated heterocycles. The van der Waals surface area contributed by atoms with Gasteiger partial charge in [-0.3, -0.25) is 9.59 Å². The molecule has 3 N–H and O–H groups in total. The van der Waals surface area contributed by atoms with Crippen molar-refractivity contribution >= 4 is 16.8 Å². The third-order valence-corrected chi connectivity index (χ3v) is 4.94. The number of hydrogen-bond donors (Lipinski definition) is 2. The van der Waals surface area contributed by atoms with E-state index in [9.17, 15) is 9.59 Å². The number of rotatable bonds is 5. The predicted octanol–water partition coefficient (Wildman–Crippen LogP) is 1.97. The smallest absolute Gasteiger partial charge is 0.258 e. The molecule has 1 aliphatic rings. The van der Waals surface area contributed by atoms with Crippen molar-refractivity contribution in [3.63, 3.8) is 0 Å². The van der Waals surface area contributed by atoms with Gasteiger partial charge >= 0.3 is 0 Å². The van der Waals surface area contributed by atoms with E-state index in [0.717, 1.165) is 25.8 Å². The molecule has 0 saturated carbocycles. The maximum Gasteiger partial charge on any atom is 0.258 e. The number of nitrogens with one attached hydrogen (secondary N) is 1. The molecule has 2 heterocycles. The van der Waals surface area contributed by atoms with E-state index in [4.69, 9.17) is 5.73 Å². The maximum atomic E-state index is 12.6. The van der Waals surface area contributed by atoms with Crippen LogP contribution >= 0.6 is 0 Å². The lowest BCUT2D eigenvalue weighted by Crippen LogP contribution is -2.51. The average molecular weight is 342 g/mol. The van der Waals surface area contributed by atoms with Gasteiger partial charge in [0.15, 0.2) is 0 Å². The second kappa shape index (κ2) is 7.78. The molecule has 0 bridgehead atoms. The van der Waals surface area contributed by atoms with Gasteiger partial charge in [-0.2, -0.15) is 0 Å². The number of carbonyl (C=O) groups excluding carboxylic acids is 1. The van der Waals surface area contributed by atoms with E-state index in [2.05, 4.69) is 9.97 Å². The lowest BCUT2D eigenvalue weighted by molar-refractivity contribution is -0.135. The van der Waals surface area contributed by atoms with Crippen LogP contribution in [0.5, 0.6) is 0 Å². The van der Waals surface area contributed by atoms with E-state index in [0.29, 0.717) is 36.0 Å². The third kappa shape index (κ3) is 4.07. The van der Waals surface area contributed by atoms with Gasteiger partial charge in [-0.1, -0.05) is 12.1 Å². The third-order valence-electron chi connectivity index (χ3n) is 4.94. The molecular weight excluding hydrogens is 316 g/mol. The average Bonchev–Trinajstić information content (AvgIpc) is 2.61. The highest BCUT2D eigenvalue weighted by molar-refractivity contribution is 5.77. The van der Waals surface area contributed by atoms with Crippen molar-refractivity contribution in [1.82, 2.24) is 14.9 Å². The van der Waals surface area contributed by atoms with Gasteiger partial charge in [0.1, 0.15) is 5.82 Å². The Balaban J connectivity index is 1.61. The zero-order valence-electron chi connectivity index (χ0n) is 14.7. The molecule has 1 aromatic carbocycles. The van der Waals surface area contributed by atoms with Crippen LogP contribution in [-0.4, -0.2) is 39.4 Å². The van der Waals surface area contributed by atoms with Crippen molar-refractivity contribution in [2.45, 2.75) is 57.5 Å². The molecule has 134 valence electrons. The van der Waals surface area contributed by atoms with Crippen LogP contribution in [0.3, 0.4) is 0 Å². The number of benzene rings is 1. The zero-order chi connectivity index (χ0) is 17.8. The van der Waals surface area contributed by atoms with Crippen molar-refractivity contribution in [2.24, 2.45) is 5.73 Å². The van der Waals surface area contributed by atoms with Crippen LogP contribution in [0.2, 0.25) is 0 Å². The van der Waals surface area contributed by atoms with Crippen LogP contribution in [0.1, 0.15) is 44.9 Å². The highest BCUT2D eigenvalue weighted by atomic mass is 16.2. The number of nitrogens with two attached hydrogens (primary N) is 1. The first-order valence-electron chi connectivity index (χ1n) is 9.09. The molecule has 1 aromatic heterocycles. The van der Waals surface area contributed by atoms with Crippen LogP contribution in [0.4, 0.5) is 0 Å². The van der Waals surface area contributed by atoms with Gasteiger partial charge in [-0.05, 0) is 44.7 Å². The number of nitrogens with zero attached hydrogens (tertiary/aromatic N) is 2. The summed E-state index contributed by atoms with van der Waals surface area (Å²) in [5.41, 5.74) is 6.61. The first kappa shape index (κ1) is 17.6. The number of likely N-dealkylation sites (tertiary alicyclic amines) is 1. The maximum absolute atomic E-state index is 12.6. The highest BCUT2D eigenvalue weighted by Gasteiger charge is 2.28. The van der Waals surface area contributed by atoms with E-state index in [1.54, 1.807) is 6.07 Å². The second-order valence-electron chi connectivity index (χ2n) is 6.89. The monoisotopic (exact) mass is 342 g/mol. The molecule has 0 aliphatic carbocycles. The summed E-state index contributed by atoms with van der Waals surface area (Å²) in [7, 11) is 0. The summed E-state index contributed by atoms with van der Waals surface area (Å²) in [6.45, 7) is 2.77. The largest absolute Gasteiger partial charge is 0.338 e. The minimum Gasteiger partial charge on any atom is -0.338 e. The summed E-state index contributed by atoms with van der Waals surface area (Å²) >= 11 is 0. The lowest BCUT2D eigenvalue weighted by atomic mass is 9.96. The molecule has 6 heteroatoms. The summed E-state index contributed by atoms with van der Waals surface area (Å²) in [6.07, 6.45) is 4.89. The van der Waals surface area contributed by atoms with E-state index < -0.39 is 0 Å². The van der Waals surface area contributed by atoms with E-state index >= 15 is 0 Å². The number of aromatic amines is 1. The Bertz CT molecular complexity index is 799. The van der Waals surface area contributed by atoms with Crippen molar-refractivity contribution in [3.05, 3.63) is 40.4 Å². The number of fused-ring (bicyclic) bond motifs is 1. The first-order valence-corrected chi connectivity index (χ1v) is 9.09. The van der Waals surface area contributed by atoms with Crippen molar-refractivity contribution < 1.29 is 4.79 Å². The van der Waals surface area contributed by atoms with Gasteiger partial charge in [0.2, 0.25) is 5.91 Å². The van der Waals surface area contributed by atoms with Gasteiger partial charge < -0.3 is 15.6 Å². The minimum absolute atomic E-state index is 0.00255. The molecule has 1 fully saturated rings. The van der Waals surface area contributed by atoms with Crippen LogP contribution in [-0.2, 0) is 11.2 Å². The number of piperidine rings is 1. The molecule has 2 atom stereocenters. The molecule has 6 nitrogen and oxygen atoms in total. The summed E-state index contributed by atoms with van der Waals surface area (Å²) in [4.78, 5) is 33.9. The summed E-state index contributed by atoms with van der Waals surface area (Å²) in [5, 5.41) is 0.593. The Morgan fingerprint density at radius 1 is 1.40 bits per heavy atom. The molecule has 0 radical (unpaired) electrons. The van der Waals surface area contributed by atoms with Crippen LogP contribution < -0.4 is 11.3 Å². The van der Waals surface area contributed by atoms with Crippen LogP contribution in [0.15, 0.2) is 29.1 Å². The molecule has 1 aliphatic heterocycles. The second-order valence-corrected chi connectivity index (χ2v) is 6.89. The Morgan fingerprint density at radius 2 is 2.20 bits per heavy atom. The highest BCUT2D eigenvalue weighted by Crippen LogP contribution is 2.20. The fourth-order valence-electron chi connectivity index (χ4n) is 3.62. The summed E-state index contributed by atoms with van der Waals surface area (Å²) in [6, 6.07) is 7.44. The normalized spacial score (nSPS) is 19.1. The number of para-hydroxylation sites is 1. The number of hydrogen-bond acceptors (Lipinski definition) is 4. The molecule has 25 heavy (non-hydrogen) atoms. The van der Waals surface area contributed by atoms with E-state index in [-0.39, 0.29) is 23.6 Å². The SMILES string of the molecule is CC(N)C1CCCCN1C(=O)CCCc1nc2ccccc2c(=O)[nH]1. The fourth-order valence-corrected chi connectivity index (χ4v) is 3.62. The van der Waals surface area contributed by atoms with Crippen molar-refractivity contribution in [3.8, 4) is 0 Å². The zero-order valence-corrected chi connectivity index (χ0v) is 14.7. The van der Waals surface area contributed by atoms with Gasteiger partial charge in [0, 0.05) is 31.5 Å². The topological polar surface area (TPSA) is 92.1 Å². The molecule has 1 amide bonds. The molecule has 3 rings (SSSR count). The van der Waals surface area contributed by atoms with E-state index in [1.165, 1.54) is 0 Å². The standard InChI is InChI=1S/C19H26N4O2/c1-13(20)16-9-4-5-12-23(16)18(24)11-6-10-17-21-15-8-3-2-7-14(15)19(25)22-17/h2-3,7-8,13,16H,4-6,9-12,20H2,1H3,(H,21,22,25). The van der Waals surface area contributed by atoms with Crippen LogP contribution in [0.25, 0.3) is 10.9 Å². The quantitative estimate of drug-likeness (QED) is 0.869. The number of aryl methyl sites for hydroxylation is 1. The Labute approximate surface area is 147 Å². The van der Waals surface area contributed by atoms with Gasteiger partial charge in [-0.15, -0.1) is 0 Å². The first-order chi connectivity index (χ1) is 12.1. The van der Waals surface area contributed by atoms with Crippen molar-refractivity contribution in [1.29, 1.82) is 0 Å². The minimum atomic E-state index is -0.125. The van der Waals surface area contributed by atoms with Crippen molar-refractivity contribution in [2.75, 3.05) is 6.54 Å². The number of H-pyrrole nitrogens is 1. The molecule has 0 spiro atoms. The number of aromatic nitrogens is 2. The summed E-state index contributed by atoms with van der Waals surface area (Å²) < 4.78 is 0. The fraction of sp³-hybridized carbons (Fsp3) is 0.526. The summed E-state index contributed by atoms with van der Waals surface area (Å²) in [5.74, 6) is 0.795. The van der Waals surface area contributed by atoms with Gasteiger partial charge in [-0.25, -0.2) is 4.98 Å². The predicted molar refractivity (Wildman–Crippen MR) is 98.3 cm³/mol. The lowest BCUT2D eigenvalue weighted by Gasteiger charge is -2.38. The Kier molecular flexibility index (Phi) is 5.48. The molecular formula is C19H26N4O2. The van der Waals surface area contributed by atoms with Crippen LogP contribution in [0, 0.1) is 0 Å².